The molecule has 0 spiro atoms. The van der Waals surface area contributed by atoms with E-state index in [0.717, 1.165) is 0 Å². The Bertz CT molecular complexity index is 866. The summed E-state index contributed by atoms with van der Waals surface area (Å²) in [5.74, 6) is 0. The van der Waals surface area contributed by atoms with Gasteiger partial charge in [-0.1, -0.05) is 83.1 Å². The van der Waals surface area contributed by atoms with Crippen molar-refractivity contribution >= 4 is 21.5 Å². The molecule has 0 fully saturated rings. The second kappa shape index (κ2) is 8.02. The summed E-state index contributed by atoms with van der Waals surface area (Å²) in [6.45, 7) is 0. The molecule has 4 aromatic rings. The minimum absolute atomic E-state index is 0. The topological polar surface area (TPSA) is 0 Å². The minimum atomic E-state index is 0. The zero-order chi connectivity index (χ0) is 12.7. The van der Waals surface area contributed by atoms with Gasteiger partial charge in [0.2, 0.25) is 0 Å². The molecule has 0 nitrogen and oxygen atoms in total. The van der Waals surface area contributed by atoms with Gasteiger partial charge in [0.15, 0.2) is 0 Å². The Morgan fingerprint density at radius 3 is 2.05 bits per heavy atom. The summed E-state index contributed by atoms with van der Waals surface area (Å²) < 4.78 is 0. The van der Waals surface area contributed by atoms with Crippen molar-refractivity contribution in [2.75, 3.05) is 0 Å². The Morgan fingerprint density at radius 2 is 1.27 bits per heavy atom. The van der Waals surface area contributed by atoms with Gasteiger partial charge >= 0.3 is 26.2 Å². The van der Waals surface area contributed by atoms with Crippen LogP contribution < -0.4 is 24.8 Å². The quantitative estimate of drug-likeness (QED) is 0.372. The van der Waals surface area contributed by atoms with E-state index in [0.29, 0.717) is 0 Å². The molecule has 0 aromatic heterocycles. The molecular weight excluding hydrogens is 390 g/mol. The number of rotatable bonds is 1. The van der Waals surface area contributed by atoms with Crippen LogP contribution >= 0.6 is 0 Å². The summed E-state index contributed by atoms with van der Waals surface area (Å²) in [7, 11) is 0. The molecule has 0 aliphatic heterocycles. The van der Waals surface area contributed by atoms with Crippen LogP contribution in [-0.2, 0) is 26.2 Å². The molecule has 0 atom stereocenters. The van der Waals surface area contributed by atoms with Crippen molar-refractivity contribution in [2.45, 2.75) is 0 Å². The van der Waals surface area contributed by atoms with Gasteiger partial charge in [-0.25, -0.2) is 0 Å². The monoisotopic (exact) mass is 401 g/mol. The number of halogens is 2. The summed E-state index contributed by atoms with van der Waals surface area (Å²) in [6, 6.07) is 28.1. The fourth-order valence-electron chi connectivity index (χ4n) is 2.76. The van der Waals surface area contributed by atoms with Crippen LogP contribution in [0.4, 0.5) is 0 Å². The van der Waals surface area contributed by atoms with E-state index < -0.39 is 0 Å². The maximum atomic E-state index is 2.30. The fourth-order valence-corrected chi connectivity index (χ4v) is 2.76. The third-order valence-electron chi connectivity index (χ3n) is 3.72. The van der Waals surface area contributed by atoms with Gasteiger partial charge in [0.05, 0.1) is 0 Å². The molecule has 107 valence electrons. The largest absolute Gasteiger partial charge is 3.00 e. The molecular formula is C19H13Cl2Zr. The van der Waals surface area contributed by atoms with Crippen molar-refractivity contribution in [3.63, 3.8) is 0 Å². The third kappa shape index (κ3) is 3.33. The van der Waals surface area contributed by atoms with E-state index in [1.54, 1.807) is 0 Å². The third-order valence-corrected chi connectivity index (χ3v) is 3.72. The van der Waals surface area contributed by atoms with Gasteiger partial charge in [0.25, 0.3) is 0 Å². The van der Waals surface area contributed by atoms with Crippen LogP contribution in [0.25, 0.3) is 32.7 Å². The van der Waals surface area contributed by atoms with Crippen LogP contribution in [-0.4, -0.2) is 0 Å². The van der Waals surface area contributed by atoms with Crippen molar-refractivity contribution in [2.24, 2.45) is 0 Å². The number of fused-ring (bicyclic) bond motifs is 3. The zero-order valence-electron chi connectivity index (χ0n) is 11.8. The standard InChI is InChI=1S/C19H13.2ClH.Zr/c1-2-6-14(7-3-1)17-12-16-11-10-15-8-4-5-9-18(15)19(16)13-17;;;/h1-13H;2*1H;/q-1;;;+3/p-2. The molecule has 4 rings (SSSR count). The Labute approximate surface area is 161 Å². The molecule has 4 aromatic carbocycles. The van der Waals surface area contributed by atoms with E-state index in [1.807, 2.05) is 0 Å². The molecule has 0 N–H and O–H groups in total. The van der Waals surface area contributed by atoms with Crippen molar-refractivity contribution in [1.29, 1.82) is 0 Å². The molecule has 0 aliphatic carbocycles. The average Bonchev–Trinajstić information content (AvgIpc) is 2.93. The maximum absolute atomic E-state index is 2.30. The first-order valence-electron chi connectivity index (χ1n) is 6.55. The molecule has 1 radical (unpaired) electrons. The van der Waals surface area contributed by atoms with Crippen LogP contribution in [0.15, 0.2) is 78.9 Å². The second-order valence-corrected chi connectivity index (χ2v) is 4.90. The summed E-state index contributed by atoms with van der Waals surface area (Å²) >= 11 is 0. The van der Waals surface area contributed by atoms with Gasteiger partial charge in [-0.3, -0.25) is 0 Å². The first kappa shape index (κ1) is 19.0. The molecule has 0 saturated heterocycles. The van der Waals surface area contributed by atoms with E-state index in [4.69, 9.17) is 0 Å². The first-order valence-corrected chi connectivity index (χ1v) is 6.55. The van der Waals surface area contributed by atoms with Crippen molar-refractivity contribution in [1.82, 2.24) is 0 Å². The smallest absolute Gasteiger partial charge is 1.00 e. The van der Waals surface area contributed by atoms with Crippen molar-refractivity contribution < 1.29 is 51.0 Å². The SMILES string of the molecule is [Cl-].[Cl-].[Zr+3].c1ccc(-c2cc3ccc4ccccc4c3[cH-]2)cc1. The molecule has 0 saturated carbocycles. The predicted octanol–water partition coefficient (Wildman–Crippen LogP) is -0.616. The van der Waals surface area contributed by atoms with Crippen LogP contribution in [0.3, 0.4) is 0 Å². The van der Waals surface area contributed by atoms with E-state index >= 15 is 0 Å². The predicted molar refractivity (Wildman–Crippen MR) is 82.5 cm³/mol. The van der Waals surface area contributed by atoms with Crippen LogP contribution in [0, 0.1) is 0 Å². The summed E-state index contributed by atoms with van der Waals surface area (Å²) in [4.78, 5) is 0. The van der Waals surface area contributed by atoms with Crippen LogP contribution in [0.2, 0.25) is 0 Å². The molecule has 0 aliphatic rings. The van der Waals surface area contributed by atoms with Gasteiger partial charge in [-0.15, -0.1) is 28.5 Å². The fraction of sp³-hybridized carbons (Fsp3) is 0. The molecule has 3 heteroatoms. The van der Waals surface area contributed by atoms with E-state index in [2.05, 4.69) is 78.9 Å². The molecule has 0 amide bonds. The van der Waals surface area contributed by atoms with Crippen molar-refractivity contribution in [3.8, 4) is 11.1 Å². The maximum Gasteiger partial charge on any atom is 3.00 e. The molecule has 0 unspecified atom stereocenters. The number of hydrogen-bond donors (Lipinski definition) is 0. The minimum Gasteiger partial charge on any atom is -1.00 e. The first-order chi connectivity index (χ1) is 9.42. The normalized spacial score (nSPS) is 9.64. The molecule has 0 heterocycles. The van der Waals surface area contributed by atoms with Crippen LogP contribution in [0.1, 0.15) is 0 Å². The molecule has 0 bridgehead atoms. The summed E-state index contributed by atoms with van der Waals surface area (Å²) in [5.41, 5.74) is 2.58. The number of benzene rings is 3. The number of hydrogen-bond acceptors (Lipinski definition) is 0. The second-order valence-electron chi connectivity index (χ2n) is 4.90. The van der Waals surface area contributed by atoms with Crippen LogP contribution in [0.5, 0.6) is 0 Å². The van der Waals surface area contributed by atoms with Gasteiger partial charge in [-0.2, -0.15) is 0 Å². The average molecular weight is 403 g/mol. The Hall–Kier alpha value is -1.01. The van der Waals surface area contributed by atoms with Gasteiger partial charge < -0.3 is 24.8 Å². The van der Waals surface area contributed by atoms with Gasteiger partial charge in [0.1, 0.15) is 0 Å². The van der Waals surface area contributed by atoms with E-state index in [-0.39, 0.29) is 51.0 Å². The summed E-state index contributed by atoms with van der Waals surface area (Å²) in [6.07, 6.45) is 0. The van der Waals surface area contributed by atoms with Gasteiger partial charge in [0, 0.05) is 0 Å². The van der Waals surface area contributed by atoms with E-state index in [1.165, 1.54) is 32.7 Å². The van der Waals surface area contributed by atoms with Gasteiger partial charge in [-0.05, 0) is 0 Å². The summed E-state index contributed by atoms with van der Waals surface area (Å²) in [5, 5.41) is 5.30. The zero-order valence-corrected chi connectivity index (χ0v) is 15.7. The van der Waals surface area contributed by atoms with Crippen molar-refractivity contribution in [3.05, 3.63) is 78.9 Å². The molecule has 22 heavy (non-hydrogen) atoms. The van der Waals surface area contributed by atoms with E-state index in [9.17, 15) is 0 Å². The Morgan fingerprint density at radius 1 is 0.636 bits per heavy atom. The Kier molecular flexibility index (Phi) is 6.94. The Balaban J connectivity index is 0.000000807.